The molecule has 0 spiro atoms. The van der Waals surface area contributed by atoms with Crippen LogP contribution in [0.3, 0.4) is 0 Å². The van der Waals surface area contributed by atoms with Crippen molar-refractivity contribution in [2.24, 2.45) is 11.0 Å². The van der Waals surface area contributed by atoms with Gasteiger partial charge in [0.05, 0.1) is 6.54 Å². The zero-order valence-corrected chi connectivity index (χ0v) is 14.9. The maximum absolute atomic E-state index is 13.5. The van der Waals surface area contributed by atoms with Crippen LogP contribution < -0.4 is 0 Å². The van der Waals surface area contributed by atoms with Crippen molar-refractivity contribution < 1.29 is 9.18 Å². The first-order chi connectivity index (χ1) is 11.6. The number of halogens is 2. The number of hydrogen-bond donors (Lipinski definition) is 0. The van der Waals surface area contributed by atoms with Crippen LogP contribution in [0.25, 0.3) is 10.4 Å². The Morgan fingerprint density at radius 3 is 2.62 bits per heavy atom. The van der Waals surface area contributed by atoms with Crippen molar-refractivity contribution in [1.82, 2.24) is 4.90 Å². The molecular formula is C17H20BrFN4O. The van der Waals surface area contributed by atoms with Crippen molar-refractivity contribution in [2.45, 2.75) is 43.8 Å². The van der Waals surface area contributed by atoms with Crippen LogP contribution in [0.2, 0.25) is 0 Å². The molecule has 2 fully saturated rings. The van der Waals surface area contributed by atoms with E-state index in [1.54, 1.807) is 0 Å². The van der Waals surface area contributed by atoms with Crippen LogP contribution in [-0.4, -0.2) is 36.1 Å². The second-order valence-corrected chi connectivity index (χ2v) is 7.57. The van der Waals surface area contributed by atoms with Gasteiger partial charge in [-0.25, -0.2) is 4.39 Å². The number of azide groups is 1. The zero-order valence-electron chi connectivity index (χ0n) is 13.3. The minimum Gasteiger partial charge on any atom is -0.339 e. The molecule has 1 saturated heterocycles. The van der Waals surface area contributed by atoms with Crippen LogP contribution in [0, 0.1) is 5.92 Å². The van der Waals surface area contributed by atoms with Gasteiger partial charge in [0.2, 0.25) is 5.91 Å². The molecule has 1 aromatic rings. The maximum atomic E-state index is 13.5. The molecule has 1 amide bonds. The largest absolute Gasteiger partial charge is 0.339 e. The molecule has 7 heteroatoms. The van der Waals surface area contributed by atoms with Crippen molar-refractivity contribution in [3.05, 3.63) is 44.7 Å². The van der Waals surface area contributed by atoms with Gasteiger partial charge in [-0.15, -0.1) is 0 Å². The monoisotopic (exact) mass is 394 g/mol. The van der Waals surface area contributed by atoms with E-state index in [4.69, 9.17) is 5.53 Å². The average Bonchev–Trinajstić information content (AvgIpc) is 3.29. The first kappa shape index (κ1) is 17.2. The van der Waals surface area contributed by atoms with Gasteiger partial charge in [-0.2, -0.15) is 0 Å². The van der Waals surface area contributed by atoms with Crippen molar-refractivity contribution >= 4 is 21.8 Å². The summed E-state index contributed by atoms with van der Waals surface area (Å²) in [5.74, 6) is 0.171. The lowest BCUT2D eigenvalue weighted by Gasteiger charge is -2.27. The van der Waals surface area contributed by atoms with E-state index in [0.717, 1.165) is 29.3 Å². The molecule has 1 heterocycles. The summed E-state index contributed by atoms with van der Waals surface area (Å²) in [5.41, 5.74) is 9.97. The van der Waals surface area contributed by atoms with Crippen molar-refractivity contribution in [3.8, 4) is 0 Å². The van der Waals surface area contributed by atoms with E-state index in [2.05, 4.69) is 26.0 Å². The Kier molecular flexibility index (Phi) is 5.41. The van der Waals surface area contributed by atoms with Gasteiger partial charge < -0.3 is 4.90 Å². The molecule has 1 aromatic carbocycles. The first-order valence-corrected chi connectivity index (χ1v) is 9.10. The second-order valence-electron chi connectivity index (χ2n) is 6.66. The van der Waals surface area contributed by atoms with E-state index < -0.39 is 12.2 Å². The van der Waals surface area contributed by atoms with Crippen LogP contribution in [0.4, 0.5) is 4.39 Å². The summed E-state index contributed by atoms with van der Waals surface area (Å²) in [4.78, 5) is 17.3. The molecule has 2 aliphatic rings. The Hall–Kier alpha value is -1.59. The molecule has 24 heavy (non-hydrogen) atoms. The van der Waals surface area contributed by atoms with Gasteiger partial charge in [0.25, 0.3) is 0 Å². The summed E-state index contributed by atoms with van der Waals surface area (Å²) >= 11 is 3.42. The van der Waals surface area contributed by atoms with Crippen molar-refractivity contribution in [2.75, 3.05) is 13.1 Å². The topological polar surface area (TPSA) is 69.1 Å². The summed E-state index contributed by atoms with van der Waals surface area (Å²) in [6, 6.07) is 6.99. The number of rotatable bonds is 6. The Labute approximate surface area is 149 Å². The lowest BCUT2D eigenvalue weighted by molar-refractivity contribution is -0.132. The van der Waals surface area contributed by atoms with Gasteiger partial charge in [-0.1, -0.05) is 46.0 Å². The van der Waals surface area contributed by atoms with E-state index in [-0.39, 0.29) is 18.4 Å². The van der Waals surface area contributed by atoms with E-state index >= 15 is 0 Å². The van der Waals surface area contributed by atoms with Gasteiger partial charge in [0.15, 0.2) is 0 Å². The Bertz CT molecular complexity index is 642. The number of benzene rings is 1. The fourth-order valence-corrected chi connectivity index (χ4v) is 3.60. The third-order valence-electron chi connectivity index (χ3n) is 4.83. The molecule has 0 N–H and O–H groups in total. The summed E-state index contributed by atoms with van der Waals surface area (Å²) in [6.07, 6.45) is 2.51. The van der Waals surface area contributed by atoms with Crippen LogP contribution in [0.15, 0.2) is 33.9 Å². The molecule has 3 atom stereocenters. The molecule has 0 aromatic heterocycles. The van der Waals surface area contributed by atoms with Crippen molar-refractivity contribution in [1.29, 1.82) is 0 Å². The molecule has 1 saturated carbocycles. The quantitative estimate of drug-likeness (QED) is 0.395. The Morgan fingerprint density at radius 2 is 2.08 bits per heavy atom. The molecule has 0 unspecified atom stereocenters. The summed E-state index contributed by atoms with van der Waals surface area (Å²) in [5, 5.41) is 3.83. The maximum Gasteiger partial charge on any atom is 0.232 e. The zero-order chi connectivity index (χ0) is 17.1. The van der Waals surface area contributed by atoms with Crippen LogP contribution >= 0.6 is 15.9 Å². The Morgan fingerprint density at radius 1 is 1.38 bits per heavy atom. The number of alkyl halides is 1. The first-order valence-electron chi connectivity index (χ1n) is 8.31. The van der Waals surface area contributed by atoms with E-state index in [1.165, 1.54) is 4.90 Å². The second kappa shape index (κ2) is 7.53. The predicted molar refractivity (Wildman–Crippen MR) is 93.3 cm³/mol. The third-order valence-corrected chi connectivity index (χ3v) is 5.36. The van der Waals surface area contributed by atoms with E-state index in [9.17, 15) is 9.18 Å². The molecule has 3 rings (SSSR count). The average molecular weight is 395 g/mol. The fraction of sp³-hybridized carbons (Fsp3) is 0.588. The smallest absolute Gasteiger partial charge is 0.232 e. The minimum absolute atomic E-state index is 0.104. The number of hydrogen-bond acceptors (Lipinski definition) is 2. The van der Waals surface area contributed by atoms with E-state index in [1.807, 2.05) is 24.3 Å². The number of carbonyl (C=O) groups is 1. The highest BCUT2D eigenvalue weighted by Gasteiger charge is 2.38. The number of nitrogens with zero attached hydrogens (tertiary/aromatic N) is 4. The molecule has 128 valence electrons. The SMILES string of the molecule is [N-]=[N+]=N[C@H](C(=O)N1CC[C@H](F)C1)[C@@H](CC1CC1)c1ccc(Br)cc1. The third kappa shape index (κ3) is 4.08. The highest BCUT2D eigenvalue weighted by molar-refractivity contribution is 9.10. The lowest BCUT2D eigenvalue weighted by atomic mass is 9.86. The van der Waals surface area contributed by atoms with Gasteiger partial charge >= 0.3 is 0 Å². The molecule has 5 nitrogen and oxygen atoms in total. The number of likely N-dealkylation sites (tertiary alicyclic amines) is 1. The minimum atomic E-state index is -0.977. The molecular weight excluding hydrogens is 375 g/mol. The normalized spacial score (nSPS) is 22.8. The van der Waals surface area contributed by atoms with Crippen LogP contribution in [0.1, 0.15) is 37.2 Å². The van der Waals surface area contributed by atoms with Gasteiger partial charge in [-0.05, 0) is 42.0 Å². The highest BCUT2D eigenvalue weighted by Crippen LogP contribution is 2.41. The van der Waals surface area contributed by atoms with Crippen LogP contribution in [-0.2, 0) is 4.79 Å². The predicted octanol–water partition coefficient (Wildman–Crippen LogP) is 4.58. The number of amides is 1. The summed E-state index contributed by atoms with van der Waals surface area (Å²) in [7, 11) is 0. The highest BCUT2D eigenvalue weighted by atomic mass is 79.9. The molecule has 0 bridgehead atoms. The van der Waals surface area contributed by atoms with Gasteiger partial charge in [0.1, 0.15) is 12.2 Å². The van der Waals surface area contributed by atoms with Crippen molar-refractivity contribution in [3.63, 3.8) is 0 Å². The lowest BCUT2D eigenvalue weighted by Crippen LogP contribution is -2.40. The number of carbonyl (C=O) groups excluding carboxylic acids is 1. The molecule has 1 aliphatic heterocycles. The van der Waals surface area contributed by atoms with Gasteiger partial charge in [-0.3, -0.25) is 4.79 Å². The summed E-state index contributed by atoms with van der Waals surface area (Å²) < 4.78 is 14.4. The van der Waals surface area contributed by atoms with Gasteiger partial charge in [0, 0.05) is 21.8 Å². The summed E-state index contributed by atoms with van der Waals surface area (Å²) in [6.45, 7) is 0.501. The standard InChI is InChI=1S/C17H20BrFN4O/c18-13-5-3-12(4-6-13)15(9-11-1-2-11)16(21-22-20)17(24)23-8-7-14(19)10-23/h3-6,11,14-16H,1-2,7-10H2/t14-,15-,16-/m0/s1. The Balaban J connectivity index is 1.87. The van der Waals surface area contributed by atoms with E-state index in [0.29, 0.717) is 18.9 Å². The van der Waals surface area contributed by atoms with Crippen LogP contribution in [0.5, 0.6) is 0 Å². The molecule has 0 radical (unpaired) electrons. The molecule has 1 aliphatic carbocycles. The fourth-order valence-electron chi connectivity index (χ4n) is 3.33.